The summed E-state index contributed by atoms with van der Waals surface area (Å²) in [4.78, 5) is 18.8. The number of para-hydroxylation sites is 1. The molecule has 13 rings (SSSR count). The number of fused-ring (bicyclic) bond motifs is 9. The zero-order valence-electron chi connectivity index (χ0n) is 35.6. The molecule has 0 radical (unpaired) electrons. The molecule has 65 heavy (non-hydrogen) atoms. The van der Waals surface area contributed by atoms with E-state index in [9.17, 15) is 0 Å². The molecule has 1 aliphatic heterocycles. The van der Waals surface area contributed by atoms with Crippen LogP contribution in [0.3, 0.4) is 0 Å². The van der Waals surface area contributed by atoms with Gasteiger partial charge in [0.15, 0.2) is 11.6 Å². The van der Waals surface area contributed by atoms with Gasteiger partial charge in [-0.1, -0.05) is 152 Å². The van der Waals surface area contributed by atoms with Crippen LogP contribution in [0.2, 0.25) is 0 Å². The van der Waals surface area contributed by atoms with Crippen molar-refractivity contribution >= 4 is 42.9 Å². The molecule has 2 aromatic heterocycles. The van der Waals surface area contributed by atoms with Crippen LogP contribution in [0.25, 0.3) is 65.2 Å². The Labute approximate surface area is 382 Å². The van der Waals surface area contributed by atoms with Gasteiger partial charge in [-0.15, -0.1) is 11.3 Å². The second-order valence-electron chi connectivity index (χ2n) is 17.4. The number of hydrogen-bond donors (Lipinski definition) is 0. The Bertz CT molecular complexity index is 3540. The van der Waals surface area contributed by atoms with E-state index >= 15 is 0 Å². The van der Waals surface area contributed by atoms with Gasteiger partial charge in [-0.05, 0) is 124 Å². The van der Waals surface area contributed by atoms with Gasteiger partial charge >= 0.3 is 0 Å². The van der Waals surface area contributed by atoms with E-state index in [2.05, 4.69) is 211 Å². The predicted molar refractivity (Wildman–Crippen MR) is 269 cm³/mol. The van der Waals surface area contributed by atoms with Gasteiger partial charge in [-0.3, -0.25) is 0 Å². The fraction of sp³-hybridized carbons (Fsp3) is 0.0833. The van der Waals surface area contributed by atoms with Gasteiger partial charge in [0.05, 0.1) is 5.69 Å². The van der Waals surface area contributed by atoms with Crippen LogP contribution in [-0.2, 0) is 11.8 Å². The first-order valence-corrected chi connectivity index (χ1v) is 23.4. The van der Waals surface area contributed by atoms with Crippen LogP contribution in [0.1, 0.15) is 46.8 Å². The van der Waals surface area contributed by atoms with Crippen molar-refractivity contribution in [2.45, 2.75) is 30.6 Å². The fourth-order valence-electron chi connectivity index (χ4n) is 10.8. The first-order chi connectivity index (χ1) is 32.2. The van der Waals surface area contributed by atoms with Crippen molar-refractivity contribution in [1.82, 2.24) is 15.0 Å². The standard InChI is InChI=1S/C60H42N4S/c1-4-16-39(17-5-1)47-31-27-40-18-10-11-23-46(40)50-36-42(28-32-48(47)50)43-29-33-53-52(38-43)60(35-15-14-26-56(60)64(53)45-21-8-3-9-22-45)59-62-57(41-19-6-2-7-20-41)61-58(63-59)44-30-34-55-51(37-44)49-24-12-13-25-54(49)65-55/h1-26,28-30,32-34,36-38,47H,27,31,35H2. The minimum Gasteiger partial charge on any atom is -0.313 e. The van der Waals surface area contributed by atoms with Crippen LogP contribution in [0.5, 0.6) is 0 Å². The van der Waals surface area contributed by atoms with E-state index in [1.165, 1.54) is 64.7 Å². The van der Waals surface area contributed by atoms with E-state index in [1.54, 1.807) is 0 Å². The number of nitrogens with zero attached hydrogens (tertiary/aromatic N) is 4. The molecule has 0 saturated carbocycles. The summed E-state index contributed by atoms with van der Waals surface area (Å²) in [5.74, 6) is 2.39. The van der Waals surface area contributed by atoms with Gasteiger partial charge in [-0.2, -0.15) is 0 Å². The van der Waals surface area contributed by atoms with Gasteiger partial charge in [0.1, 0.15) is 11.2 Å². The molecule has 3 heterocycles. The zero-order valence-corrected chi connectivity index (χ0v) is 36.4. The lowest BCUT2D eigenvalue weighted by Gasteiger charge is -2.34. The van der Waals surface area contributed by atoms with Crippen LogP contribution in [-0.4, -0.2) is 15.0 Å². The van der Waals surface area contributed by atoms with Crippen molar-refractivity contribution in [3.8, 4) is 45.0 Å². The summed E-state index contributed by atoms with van der Waals surface area (Å²) < 4.78 is 2.53. The summed E-state index contributed by atoms with van der Waals surface area (Å²) in [5.41, 5.74) is 14.9. The number of allylic oxidation sites excluding steroid dienone is 4. The monoisotopic (exact) mass is 850 g/mol. The lowest BCUT2D eigenvalue weighted by atomic mass is 9.73. The van der Waals surface area contributed by atoms with E-state index in [0.29, 0.717) is 24.0 Å². The molecule has 2 unspecified atom stereocenters. The van der Waals surface area contributed by atoms with Crippen LogP contribution in [0.4, 0.5) is 11.4 Å². The summed E-state index contributed by atoms with van der Waals surface area (Å²) in [6, 6.07) is 70.7. The topological polar surface area (TPSA) is 41.9 Å². The quantitative estimate of drug-likeness (QED) is 0.167. The van der Waals surface area contributed by atoms with Crippen LogP contribution < -0.4 is 4.90 Å². The van der Waals surface area contributed by atoms with E-state index in [-0.39, 0.29) is 0 Å². The fourth-order valence-corrected chi connectivity index (χ4v) is 11.9. The Morgan fingerprint density at radius 1 is 0.538 bits per heavy atom. The minimum atomic E-state index is -0.715. The van der Waals surface area contributed by atoms with Crippen LogP contribution in [0, 0.1) is 0 Å². The third kappa shape index (κ3) is 6.14. The third-order valence-corrected chi connectivity index (χ3v) is 15.0. The Hall–Kier alpha value is -7.73. The highest BCUT2D eigenvalue weighted by molar-refractivity contribution is 7.25. The van der Waals surface area contributed by atoms with Gasteiger partial charge in [0.2, 0.25) is 0 Å². The number of benzene rings is 8. The molecule has 8 aromatic carbocycles. The van der Waals surface area contributed by atoms with Crippen molar-refractivity contribution in [2.75, 3.05) is 4.90 Å². The average molecular weight is 851 g/mol. The average Bonchev–Trinajstić information content (AvgIpc) is 3.84. The molecular formula is C60H42N4S. The molecule has 0 fully saturated rings. The highest BCUT2D eigenvalue weighted by Crippen LogP contribution is 2.58. The molecular weight excluding hydrogens is 809 g/mol. The Kier molecular flexibility index (Phi) is 8.85. The number of rotatable bonds is 6. The maximum absolute atomic E-state index is 5.60. The summed E-state index contributed by atoms with van der Waals surface area (Å²) in [5, 5.41) is 2.47. The summed E-state index contributed by atoms with van der Waals surface area (Å²) >= 11 is 1.82. The van der Waals surface area contributed by atoms with Gasteiger partial charge in [0.25, 0.3) is 0 Å². The molecule has 0 bridgehead atoms. The third-order valence-electron chi connectivity index (χ3n) is 13.9. The minimum absolute atomic E-state index is 0.313. The first-order valence-electron chi connectivity index (χ1n) is 22.6. The Balaban J connectivity index is 1.03. The summed E-state index contributed by atoms with van der Waals surface area (Å²) in [6.45, 7) is 0. The smallest absolute Gasteiger partial charge is 0.163 e. The van der Waals surface area contributed by atoms with E-state index in [1.807, 2.05) is 17.4 Å². The van der Waals surface area contributed by atoms with Crippen molar-refractivity contribution in [3.05, 3.63) is 246 Å². The van der Waals surface area contributed by atoms with E-state index in [4.69, 9.17) is 15.0 Å². The van der Waals surface area contributed by atoms with Crippen molar-refractivity contribution in [2.24, 2.45) is 0 Å². The largest absolute Gasteiger partial charge is 0.313 e. The predicted octanol–water partition coefficient (Wildman–Crippen LogP) is 15.3. The number of aryl methyl sites for hydroxylation is 1. The summed E-state index contributed by atoms with van der Waals surface area (Å²) in [6.07, 6.45) is 9.56. The molecule has 0 N–H and O–H groups in total. The molecule has 0 amide bonds. The lowest BCUT2D eigenvalue weighted by molar-refractivity contribution is 0.576. The zero-order chi connectivity index (χ0) is 42.9. The normalized spacial score (nSPS) is 17.3. The molecule has 3 aliphatic rings. The molecule has 0 saturated heterocycles. The second-order valence-corrected chi connectivity index (χ2v) is 18.5. The molecule has 308 valence electrons. The molecule has 4 nitrogen and oxygen atoms in total. The highest BCUT2D eigenvalue weighted by atomic mass is 32.1. The van der Waals surface area contributed by atoms with Crippen molar-refractivity contribution in [3.63, 3.8) is 0 Å². The molecule has 5 heteroatoms. The van der Waals surface area contributed by atoms with Gasteiger partial charge in [-0.25, -0.2) is 15.0 Å². The van der Waals surface area contributed by atoms with Gasteiger partial charge < -0.3 is 4.90 Å². The van der Waals surface area contributed by atoms with E-state index in [0.717, 1.165) is 46.9 Å². The molecule has 2 aliphatic carbocycles. The van der Waals surface area contributed by atoms with Gasteiger partial charge in [0, 0.05) is 48.6 Å². The molecule has 0 spiro atoms. The van der Waals surface area contributed by atoms with Crippen LogP contribution in [0.15, 0.2) is 218 Å². The lowest BCUT2D eigenvalue weighted by Crippen LogP contribution is -2.34. The number of anilines is 2. The maximum atomic E-state index is 5.60. The van der Waals surface area contributed by atoms with E-state index < -0.39 is 5.41 Å². The first kappa shape index (κ1) is 37.8. The number of thiophene rings is 1. The Morgan fingerprint density at radius 3 is 2.09 bits per heavy atom. The molecule has 2 atom stereocenters. The Morgan fingerprint density at radius 2 is 1.23 bits per heavy atom. The molecule has 10 aromatic rings. The van der Waals surface area contributed by atoms with Crippen LogP contribution >= 0.6 is 11.3 Å². The number of hydrogen-bond acceptors (Lipinski definition) is 5. The maximum Gasteiger partial charge on any atom is 0.163 e. The van der Waals surface area contributed by atoms with Crippen molar-refractivity contribution in [1.29, 1.82) is 0 Å². The number of aromatic nitrogens is 3. The SMILES string of the molecule is C1=CCC2(c3nc(-c4ccccc4)nc(-c4ccc5sc6ccccc6c5c4)n3)C(=C1)N(c1ccccc1)c1ccc(-c3ccc4c(c3)-c3ccccc3CCC4c3ccccc3)cc12. The second kappa shape index (κ2) is 15.2. The van der Waals surface area contributed by atoms with Crippen molar-refractivity contribution < 1.29 is 0 Å². The highest BCUT2D eigenvalue weighted by Gasteiger charge is 2.52. The summed E-state index contributed by atoms with van der Waals surface area (Å²) in [7, 11) is 0.